The van der Waals surface area contributed by atoms with E-state index in [4.69, 9.17) is 0 Å². The van der Waals surface area contributed by atoms with Crippen LogP contribution in [0.5, 0.6) is 0 Å². The van der Waals surface area contributed by atoms with Crippen LogP contribution in [0.25, 0.3) is 5.65 Å². The summed E-state index contributed by atoms with van der Waals surface area (Å²) in [7, 11) is 0. The van der Waals surface area contributed by atoms with Gasteiger partial charge in [-0.3, -0.25) is 25.2 Å². The molecule has 2 N–H and O–H groups in total. The first-order chi connectivity index (χ1) is 16.9. The van der Waals surface area contributed by atoms with Crippen molar-refractivity contribution >= 4 is 46.2 Å². The zero-order valence-electron chi connectivity index (χ0n) is 18.8. The van der Waals surface area contributed by atoms with Gasteiger partial charge in [0.05, 0.1) is 16.4 Å². The summed E-state index contributed by atoms with van der Waals surface area (Å²) in [5.74, 6) is -1.12. The quantitative estimate of drug-likeness (QED) is 0.382. The molecular weight excluding hydrogens is 492 g/mol. The molecule has 0 saturated carbocycles. The van der Waals surface area contributed by atoms with Crippen molar-refractivity contribution in [3.8, 4) is 0 Å². The number of rotatable bonds is 4. The van der Waals surface area contributed by atoms with Gasteiger partial charge in [-0.1, -0.05) is 4.49 Å². The number of nitrogens with one attached hydrogen (secondary N) is 2. The fourth-order valence-corrected chi connectivity index (χ4v) is 5.25. The van der Waals surface area contributed by atoms with Crippen LogP contribution in [0.4, 0.5) is 0 Å². The second kappa shape index (κ2) is 9.42. The molecule has 0 unspecified atom stereocenters. The Morgan fingerprint density at radius 3 is 2.46 bits per heavy atom. The summed E-state index contributed by atoms with van der Waals surface area (Å²) >= 11 is 2.43. The highest BCUT2D eigenvalue weighted by atomic mass is 32.1. The summed E-state index contributed by atoms with van der Waals surface area (Å²) < 4.78 is 5.25. The van der Waals surface area contributed by atoms with Crippen LogP contribution in [-0.2, 0) is 0 Å². The number of fused-ring (bicyclic) bond motifs is 1. The number of thiazole rings is 1. The molecule has 4 aromatic rings. The minimum Gasteiger partial charge on any atom is -0.337 e. The van der Waals surface area contributed by atoms with Gasteiger partial charge >= 0.3 is 0 Å². The van der Waals surface area contributed by atoms with E-state index in [-0.39, 0.29) is 23.2 Å². The number of hydrogen-bond donors (Lipinski definition) is 2. The molecule has 5 heterocycles. The molecule has 0 aliphatic carbocycles. The van der Waals surface area contributed by atoms with E-state index < -0.39 is 11.8 Å². The third kappa shape index (κ3) is 4.59. The first kappa shape index (κ1) is 22.9. The van der Waals surface area contributed by atoms with Crippen LogP contribution in [0.1, 0.15) is 66.6 Å². The van der Waals surface area contributed by atoms with E-state index in [0.717, 1.165) is 22.2 Å². The topological polar surface area (TPSA) is 160 Å². The maximum atomic E-state index is 13.1. The Bertz CT molecular complexity index is 1410. The molecule has 3 amide bonds. The summed E-state index contributed by atoms with van der Waals surface area (Å²) in [5.41, 5.74) is 7.33. The summed E-state index contributed by atoms with van der Waals surface area (Å²) in [6.45, 7) is 4.76. The second-order valence-electron chi connectivity index (χ2n) is 8.03. The predicted molar refractivity (Wildman–Crippen MR) is 125 cm³/mol. The average Bonchev–Trinajstić information content (AvgIpc) is 3.63. The third-order valence-corrected chi connectivity index (χ3v) is 7.21. The molecule has 1 aliphatic rings. The molecule has 4 aromatic heterocycles. The highest BCUT2D eigenvalue weighted by Gasteiger charge is 2.29. The van der Waals surface area contributed by atoms with Gasteiger partial charge in [0.25, 0.3) is 17.7 Å². The fourth-order valence-electron chi connectivity index (χ4n) is 3.84. The molecule has 35 heavy (non-hydrogen) atoms. The molecule has 1 aliphatic heterocycles. The molecule has 15 heteroatoms. The number of amides is 3. The largest absolute Gasteiger partial charge is 0.337 e. The van der Waals surface area contributed by atoms with Gasteiger partial charge in [-0.05, 0) is 38.2 Å². The standard InChI is InChI=1S/C20H20N10O3S2/c1-10-7-15-23-24-16(11(2)30(15)27-10)20(33)29-5-3-12(4-6-29)19-21-13(8-34-19)17(31)25-26-18(32)14-9-35-28-22-14/h7-9,12H,3-6H2,1-2H3,(H,25,31)(H,26,32). The van der Waals surface area contributed by atoms with E-state index in [2.05, 4.69) is 40.7 Å². The van der Waals surface area contributed by atoms with E-state index in [9.17, 15) is 14.4 Å². The van der Waals surface area contributed by atoms with Crippen molar-refractivity contribution in [3.05, 3.63) is 50.3 Å². The SMILES string of the molecule is Cc1cc2nnc(C(=O)N3CCC(c4nc(C(=O)NNC(=O)c5csnn5)cs4)CC3)c(C)n2n1. The monoisotopic (exact) mass is 512 g/mol. The van der Waals surface area contributed by atoms with E-state index in [1.807, 2.05) is 19.9 Å². The molecule has 180 valence electrons. The first-order valence-corrected chi connectivity index (χ1v) is 12.4. The Hall–Kier alpha value is -3.85. The molecular formula is C20H20N10O3S2. The van der Waals surface area contributed by atoms with Crippen molar-refractivity contribution in [2.24, 2.45) is 0 Å². The number of hydrazine groups is 1. The molecule has 13 nitrogen and oxygen atoms in total. The maximum absolute atomic E-state index is 13.1. The fraction of sp³-hybridized carbons (Fsp3) is 0.350. The lowest BCUT2D eigenvalue weighted by molar-refractivity contribution is 0.0703. The second-order valence-corrected chi connectivity index (χ2v) is 9.53. The summed E-state index contributed by atoms with van der Waals surface area (Å²) in [4.78, 5) is 43.5. The predicted octanol–water partition coefficient (Wildman–Crippen LogP) is 1.14. The Morgan fingerprint density at radius 2 is 1.74 bits per heavy atom. The van der Waals surface area contributed by atoms with Crippen LogP contribution in [0.3, 0.4) is 0 Å². The number of nitrogens with zero attached hydrogens (tertiary/aromatic N) is 8. The number of aromatic nitrogens is 7. The minimum atomic E-state index is -0.554. The lowest BCUT2D eigenvalue weighted by atomic mass is 9.97. The maximum Gasteiger partial charge on any atom is 0.291 e. The molecule has 0 bridgehead atoms. The van der Waals surface area contributed by atoms with Gasteiger partial charge in [0, 0.05) is 35.8 Å². The van der Waals surface area contributed by atoms with Crippen LogP contribution in [0.2, 0.25) is 0 Å². The van der Waals surface area contributed by atoms with Gasteiger partial charge in [0.15, 0.2) is 17.0 Å². The molecule has 1 saturated heterocycles. The number of carbonyl (C=O) groups excluding carboxylic acids is 3. The Morgan fingerprint density at radius 1 is 1.00 bits per heavy atom. The average molecular weight is 513 g/mol. The van der Waals surface area contributed by atoms with Crippen molar-refractivity contribution in [1.29, 1.82) is 0 Å². The number of likely N-dealkylation sites (tertiary alicyclic amines) is 1. The number of piperidine rings is 1. The van der Waals surface area contributed by atoms with Crippen LogP contribution in [0.15, 0.2) is 16.8 Å². The van der Waals surface area contributed by atoms with Gasteiger partial charge in [-0.2, -0.15) is 5.10 Å². The molecule has 5 rings (SSSR count). The summed E-state index contributed by atoms with van der Waals surface area (Å²) in [5, 5.41) is 20.2. The molecule has 0 spiro atoms. The van der Waals surface area contributed by atoms with Crippen LogP contribution < -0.4 is 10.9 Å². The lowest BCUT2D eigenvalue weighted by Gasteiger charge is -2.31. The number of carbonyl (C=O) groups is 3. The zero-order valence-corrected chi connectivity index (χ0v) is 20.4. The first-order valence-electron chi connectivity index (χ1n) is 10.7. The normalized spacial score (nSPS) is 14.3. The summed E-state index contributed by atoms with van der Waals surface area (Å²) in [6, 6.07) is 1.81. The van der Waals surface area contributed by atoms with Crippen LogP contribution in [0, 0.1) is 13.8 Å². The lowest BCUT2D eigenvalue weighted by Crippen LogP contribution is -2.42. The Labute approximate surface area is 206 Å². The molecule has 0 aromatic carbocycles. The van der Waals surface area contributed by atoms with Crippen LogP contribution >= 0.6 is 22.9 Å². The van der Waals surface area contributed by atoms with Crippen LogP contribution in [-0.4, -0.2) is 70.1 Å². The zero-order chi connectivity index (χ0) is 24.5. The Kier molecular flexibility index (Phi) is 6.17. The smallest absolute Gasteiger partial charge is 0.291 e. The minimum absolute atomic E-state index is 0.122. The van der Waals surface area contributed by atoms with Crippen molar-refractivity contribution in [2.45, 2.75) is 32.6 Å². The number of hydrogen-bond acceptors (Lipinski definition) is 11. The van der Waals surface area contributed by atoms with Crippen molar-refractivity contribution in [2.75, 3.05) is 13.1 Å². The highest BCUT2D eigenvalue weighted by molar-refractivity contribution is 7.10. The van der Waals surface area contributed by atoms with E-state index in [1.54, 1.807) is 14.8 Å². The highest BCUT2D eigenvalue weighted by Crippen LogP contribution is 2.31. The molecule has 0 atom stereocenters. The Balaban J connectivity index is 1.18. The molecule has 0 radical (unpaired) electrons. The molecule has 1 fully saturated rings. The third-order valence-electron chi connectivity index (χ3n) is 5.70. The van der Waals surface area contributed by atoms with Gasteiger partial charge in [-0.25, -0.2) is 9.50 Å². The van der Waals surface area contributed by atoms with Gasteiger partial charge in [-0.15, -0.1) is 26.6 Å². The van der Waals surface area contributed by atoms with E-state index >= 15 is 0 Å². The van der Waals surface area contributed by atoms with Gasteiger partial charge in [0.1, 0.15) is 5.69 Å². The summed E-state index contributed by atoms with van der Waals surface area (Å²) in [6.07, 6.45) is 1.42. The van der Waals surface area contributed by atoms with Gasteiger partial charge in [0.2, 0.25) is 0 Å². The van der Waals surface area contributed by atoms with Crippen molar-refractivity contribution in [3.63, 3.8) is 0 Å². The van der Waals surface area contributed by atoms with E-state index in [0.29, 0.717) is 43.0 Å². The van der Waals surface area contributed by atoms with Crippen molar-refractivity contribution in [1.82, 2.24) is 50.1 Å². The number of aryl methyl sites for hydroxylation is 2. The van der Waals surface area contributed by atoms with Gasteiger partial charge < -0.3 is 4.90 Å². The van der Waals surface area contributed by atoms with Crippen molar-refractivity contribution < 1.29 is 14.4 Å². The van der Waals surface area contributed by atoms with E-state index in [1.165, 1.54) is 16.7 Å².